The minimum atomic E-state index is -3.26. The Morgan fingerprint density at radius 2 is 2.39 bits per heavy atom. The highest BCUT2D eigenvalue weighted by atomic mass is 16.5. The van der Waals surface area contributed by atoms with Gasteiger partial charge in [0.25, 0.3) is 0 Å². The van der Waals surface area contributed by atoms with Crippen molar-refractivity contribution in [1.82, 2.24) is 15.3 Å². The van der Waals surface area contributed by atoms with Crippen molar-refractivity contribution in [2.24, 2.45) is 0 Å². The van der Waals surface area contributed by atoms with Crippen molar-refractivity contribution in [3.8, 4) is 11.5 Å². The molecular formula is C19H27N5O4. The summed E-state index contributed by atoms with van der Waals surface area (Å²) in [6, 6.07) is -1.91. The van der Waals surface area contributed by atoms with Crippen molar-refractivity contribution in [3.05, 3.63) is 12.1 Å². The predicted molar refractivity (Wildman–Crippen MR) is 107 cm³/mol. The summed E-state index contributed by atoms with van der Waals surface area (Å²) in [4.78, 5) is 21.0. The first kappa shape index (κ1) is 8.28. The van der Waals surface area contributed by atoms with Crippen molar-refractivity contribution in [1.29, 1.82) is 0 Å². The number of nitrogens with zero attached hydrogens (tertiary/aromatic N) is 3. The Morgan fingerprint density at radius 3 is 3.11 bits per heavy atom. The summed E-state index contributed by atoms with van der Waals surface area (Å²) in [6.07, 6.45) is -1.54. The van der Waals surface area contributed by atoms with Crippen LogP contribution in [-0.2, 0) is 9.53 Å². The largest absolute Gasteiger partial charge is 0.493 e. The summed E-state index contributed by atoms with van der Waals surface area (Å²) in [7, 11) is -6.51. The molecule has 1 aromatic carbocycles. The van der Waals surface area contributed by atoms with Crippen LogP contribution in [0.1, 0.15) is 35.7 Å². The third-order valence-corrected chi connectivity index (χ3v) is 3.86. The van der Waals surface area contributed by atoms with Crippen LogP contribution in [0.2, 0.25) is 4.24 Å². The fourth-order valence-corrected chi connectivity index (χ4v) is 2.51. The second-order valence-corrected chi connectivity index (χ2v) is 5.75. The normalized spacial score (nSPS) is 27.8. The number of nitrogens with one attached hydrogen (secondary N) is 1. The Labute approximate surface area is 185 Å². The first-order valence-electron chi connectivity index (χ1n) is 15.6. The summed E-state index contributed by atoms with van der Waals surface area (Å²) in [5, 5.41) is -0.140. The first-order chi connectivity index (χ1) is 19.6. The Bertz CT molecular complexity index is 1350. The number of carbonyl (C=O) groups excluding carboxylic acids is 1. The lowest BCUT2D eigenvalue weighted by atomic mass is 10.2. The number of methoxy groups -OCH3 is 2. The van der Waals surface area contributed by atoms with Crippen LogP contribution in [0.25, 0.3) is 10.9 Å². The third-order valence-electron chi connectivity index (χ3n) is 3.86. The molecule has 1 aromatic heterocycles. The lowest BCUT2D eigenvalue weighted by molar-refractivity contribution is -0.130. The summed E-state index contributed by atoms with van der Waals surface area (Å²) < 4.78 is 132. The fraction of sp³-hybridized carbons (Fsp3) is 0.526. The van der Waals surface area contributed by atoms with Gasteiger partial charge < -0.3 is 30.1 Å². The van der Waals surface area contributed by atoms with E-state index in [9.17, 15) is 4.79 Å². The molecule has 0 aliphatic carbocycles. The molecule has 1 fully saturated rings. The van der Waals surface area contributed by atoms with E-state index in [1.807, 2.05) is 0 Å². The topological polar surface area (TPSA) is 112 Å². The highest BCUT2D eigenvalue weighted by molar-refractivity contribution is 5.91. The number of benzene rings is 1. The van der Waals surface area contributed by atoms with Gasteiger partial charge in [0.15, 0.2) is 15.7 Å². The van der Waals surface area contributed by atoms with Crippen LogP contribution < -0.4 is 25.4 Å². The van der Waals surface area contributed by atoms with Gasteiger partial charge in [-0.05, 0) is 25.3 Å². The highest BCUT2D eigenvalue weighted by Gasteiger charge is 2.22. The smallest absolute Gasteiger partial charge is 0.249 e. The molecule has 1 saturated heterocycles. The molecule has 3 rings (SSSR count). The van der Waals surface area contributed by atoms with Gasteiger partial charge >= 0.3 is 0 Å². The molecule has 2 aromatic rings. The quantitative estimate of drug-likeness (QED) is 0.644. The van der Waals surface area contributed by atoms with E-state index in [1.54, 1.807) is 0 Å². The van der Waals surface area contributed by atoms with Crippen LogP contribution in [0.5, 0.6) is 11.5 Å². The number of amides is 1. The number of aromatic nitrogens is 2. The molecule has 9 nitrogen and oxygen atoms in total. The zero-order chi connectivity index (χ0) is 32.7. The Morgan fingerprint density at radius 1 is 1.54 bits per heavy atom. The zero-order valence-electron chi connectivity index (χ0n) is 29.6. The van der Waals surface area contributed by atoms with Crippen LogP contribution >= 0.6 is 0 Å². The molecule has 1 amide bonds. The number of anilines is 2. The molecule has 28 heavy (non-hydrogen) atoms. The summed E-state index contributed by atoms with van der Waals surface area (Å²) >= 11 is 0. The van der Waals surface area contributed by atoms with E-state index < -0.39 is 85.8 Å². The Kier molecular flexibility index (Phi) is 2.64. The molecule has 0 spiro atoms. The standard InChI is InChI=1S/C19H27N5O4/c1-24(8-5-7-21-18(25)14-6-4-9-28-14)19-22-13-11-16(27-3)15(26-2)10-12(13)17(20)23-19/h10-11,14H,4-9H2,1-3H3,(H,21,25)(H2,20,22,23)/i1D3,2D3,3D3,10D,11D,14D/hD3. The number of nitrogens with two attached hydrogens (primary N) is 1. The van der Waals surface area contributed by atoms with Crippen LogP contribution in [0.4, 0.5) is 11.8 Å². The number of hydrogen-bond acceptors (Lipinski definition) is 8. The van der Waals surface area contributed by atoms with E-state index in [0.717, 1.165) is 0 Å². The van der Waals surface area contributed by atoms with Crippen LogP contribution in [0.15, 0.2) is 12.1 Å². The average Bonchev–Trinajstić information content (AvgIpc) is 3.31. The maximum absolute atomic E-state index is 12.5. The molecule has 1 unspecified atom stereocenters. The molecule has 3 N–H and O–H groups in total. The fourth-order valence-electron chi connectivity index (χ4n) is 2.51. The van der Waals surface area contributed by atoms with Gasteiger partial charge in [0.1, 0.15) is 11.9 Å². The lowest BCUT2D eigenvalue weighted by Gasteiger charge is -2.19. The molecular weight excluding hydrogens is 362 g/mol. The van der Waals surface area contributed by atoms with Crippen molar-refractivity contribution in [2.75, 3.05) is 51.4 Å². The van der Waals surface area contributed by atoms with E-state index in [1.165, 1.54) is 0 Å². The summed E-state index contributed by atoms with van der Waals surface area (Å²) in [5.74, 6) is -4.49. The van der Waals surface area contributed by atoms with Gasteiger partial charge in [0.05, 0.1) is 31.9 Å². The number of fused-ring (bicyclic) bond motifs is 1. The van der Waals surface area contributed by atoms with Crippen molar-refractivity contribution in [2.45, 2.75) is 25.3 Å². The van der Waals surface area contributed by atoms with Gasteiger partial charge in [-0.3, -0.25) is 4.79 Å². The molecule has 9 heteroatoms. The third kappa shape index (κ3) is 4.36. The van der Waals surface area contributed by atoms with Crippen LogP contribution in [-0.4, -0.2) is 62.7 Å². The van der Waals surface area contributed by atoms with E-state index in [-0.39, 0.29) is 31.7 Å². The number of carbonyl (C=O) groups is 1. The second-order valence-electron chi connectivity index (χ2n) is 5.75. The number of hydrogen-bond donors (Lipinski definition) is 2. The van der Waals surface area contributed by atoms with Crippen molar-refractivity contribution in [3.63, 3.8) is 0 Å². The molecule has 152 valence electrons. The minimum Gasteiger partial charge on any atom is -0.493 e. The molecule has 0 bridgehead atoms. The number of nitrogen functional groups attached to an aromatic ring is 1. The van der Waals surface area contributed by atoms with Gasteiger partial charge in [-0.2, -0.15) is 4.98 Å². The van der Waals surface area contributed by atoms with Gasteiger partial charge in [-0.25, -0.2) is 4.98 Å². The Balaban J connectivity index is 2.11. The lowest BCUT2D eigenvalue weighted by Crippen LogP contribution is -2.36. The SMILES string of the molecule is [2H]c1c(OC([2H])([2H])[2H])c(OC([2H])([2H])[2H])c([2H])c2c(N([2H])[2H])nc(N(CCCN([2H])C(=O)C3([2H])CCCO3)C([2H])([2H])[2H])nc12. The summed E-state index contributed by atoms with van der Waals surface area (Å²) in [5.41, 5.74) is -0.807. The van der Waals surface area contributed by atoms with Gasteiger partial charge in [0, 0.05) is 42.2 Å². The van der Waals surface area contributed by atoms with Crippen LogP contribution in [0, 0.1) is 0 Å². The van der Waals surface area contributed by atoms with E-state index >= 15 is 0 Å². The molecule has 0 saturated carbocycles. The molecule has 1 aliphatic heterocycles. The van der Waals surface area contributed by atoms with Gasteiger partial charge in [-0.15, -0.1) is 0 Å². The van der Waals surface area contributed by atoms with Crippen LogP contribution in [0.3, 0.4) is 0 Å². The van der Waals surface area contributed by atoms with E-state index in [4.69, 9.17) is 34.9 Å². The average molecular weight is 405 g/mol. The molecule has 1 aliphatic rings. The first-order valence-corrected chi connectivity index (χ1v) is 8.29. The molecule has 2 heterocycles. The maximum Gasteiger partial charge on any atom is 0.249 e. The predicted octanol–water partition coefficient (Wildman–Crippen LogP) is 1.35. The molecule has 1 atom stereocenters. The summed E-state index contributed by atoms with van der Waals surface area (Å²) in [6.45, 7) is -3.62. The van der Waals surface area contributed by atoms with Crippen molar-refractivity contribution < 1.29 is 39.7 Å². The maximum atomic E-state index is 12.5. The van der Waals surface area contributed by atoms with Gasteiger partial charge in [0.2, 0.25) is 11.9 Å². The number of ether oxygens (including phenoxy) is 3. The van der Waals surface area contributed by atoms with E-state index in [2.05, 4.69) is 9.97 Å². The van der Waals surface area contributed by atoms with Gasteiger partial charge in [-0.1, -0.05) is 0 Å². The zero-order valence-corrected chi connectivity index (χ0v) is 14.6. The van der Waals surface area contributed by atoms with E-state index in [0.29, 0.717) is 16.6 Å². The highest BCUT2D eigenvalue weighted by Crippen LogP contribution is 2.33. The van der Waals surface area contributed by atoms with Crippen molar-refractivity contribution >= 4 is 28.6 Å². The Hall–Kier alpha value is -2.81. The minimum absolute atomic E-state index is 0.0904. The monoisotopic (exact) mass is 404 g/mol. The second kappa shape index (κ2) is 8.92. The number of rotatable bonds is 9. The molecule has 0 radical (unpaired) electrons.